The smallest absolute Gasteiger partial charge is 0.303 e. The second-order valence-corrected chi connectivity index (χ2v) is 5.01. The number of aliphatic carboxylic acids is 1. The molecule has 21 heavy (non-hydrogen) atoms. The fraction of sp³-hybridized carbons (Fsp3) is 0.278. The van der Waals surface area contributed by atoms with Crippen LogP contribution in [-0.2, 0) is 17.6 Å². The Morgan fingerprint density at radius 2 is 1.86 bits per heavy atom. The number of hydrogen-bond donors (Lipinski definition) is 1. The molecule has 0 unspecified atom stereocenters. The van der Waals surface area contributed by atoms with Crippen LogP contribution in [-0.4, -0.2) is 18.2 Å². The highest BCUT2D eigenvalue weighted by molar-refractivity contribution is 5.66. The lowest BCUT2D eigenvalue weighted by Crippen LogP contribution is -2.02. The summed E-state index contributed by atoms with van der Waals surface area (Å²) in [6, 6.07) is 16.2. The first-order valence-electron chi connectivity index (χ1n) is 7.11. The molecular formula is C18H20O3. The maximum atomic E-state index is 10.7. The van der Waals surface area contributed by atoms with E-state index in [2.05, 4.69) is 18.2 Å². The summed E-state index contributed by atoms with van der Waals surface area (Å²) in [5.74, 6) is 0.120. The van der Waals surface area contributed by atoms with Gasteiger partial charge in [-0.1, -0.05) is 42.5 Å². The Balaban J connectivity index is 2.21. The lowest BCUT2D eigenvalue weighted by Gasteiger charge is -2.14. The highest BCUT2D eigenvalue weighted by Gasteiger charge is 2.10. The van der Waals surface area contributed by atoms with Crippen molar-refractivity contribution in [2.24, 2.45) is 0 Å². The van der Waals surface area contributed by atoms with E-state index in [1.54, 1.807) is 7.11 Å². The summed E-state index contributed by atoms with van der Waals surface area (Å²) in [4.78, 5) is 10.7. The highest BCUT2D eigenvalue weighted by Crippen LogP contribution is 2.26. The molecule has 0 fully saturated rings. The fourth-order valence-electron chi connectivity index (χ4n) is 2.47. The molecule has 0 aliphatic rings. The summed E-state index contributed by atoms with van der Waals surface area (Å²) in [7, 11) is 1.67. The summed E-state index contributed by atoms with van der Waals surface area (Å²) in [6.07, 6.45) is 2.39. The van der Waals surface area contributed by atoms with Crippen LogP contribution in [0.5, 0.6) is 5.75 Å². The van der Waals surface area contributed by atoms with Crippen molar-refractivity contribution >= 4 is 5.97 Å². The van der Waals surface area contributed by atoms with E-state index >= 15 is 0 Å². The van der Waals surface area contributed by atoms with E-state index in [9.17, 15) is 4.79 Å². The van der Waals surface area contributed by atoms with E-state index in [0.29, 0.717) is 6.42 Å². The molecule has 3 nitrogen and oxygen atoms in total. The molecule has 0 saturated carbocycles. The van der Waals surface area contributed by atoms with Crippen LogP contribution in [0.3, 0.4) is 0 Å². The zero-order valence-electron chi connectivity index (χ0n) is 12.2. The second-order valence-electron chi connectivity index (χ2n) is 5.01. The number of ether oxygens (including phenoxy) is 1. The van der Waals surface area contributed by atoms with Crippen molar-refractivity contribution in [3.8, 4) is 5.75 Å². The van der Waals surface area contributed by atoms with Crippen molar-refractivity contribution < 1.29 is 14.6 Å². The predicted octanol–water partition coefficient (Wildman–Crippen LogP) is 3.69. The van der Waals surface area contributed by atoms with E-state index in [1.807, 2.05) is 30.3 Å². The average molecular weight is 284 g/mol. The Hall–Kier alpha value is -2.29. The summed E-state index contributed by atoms with van der Waals surface area (Å²) >= 11 is 0. The molecule has 2 rings (SSSR count). The second kappa shape index (κ2) is 7.48. The molecule has 1 N–H and O–H groups in total. The van der Waals surface area contributed by atoms with E-state index < -0.39 is 5.97 Å². The Morgan fingerprint density at radius 1 is 1.10 bits per heavy atom. The summed E-state index contributed by atoms with van der Waals surface area (Å²) in [5.41, 5.74) is 3.54. The number of hydrogen-bond acceptors (Lipinski definition) is 2. The van der Waals surface area contributed by atoms with Gasteiger partial charge in [0.2, 0.25) is 0 Å². The van der Waals surface area contributed by atoms with Crippen molar-refractivity contribution in [1.29, 1.82) is 0 Å². The van der Waals surface area contributed by atoms with Gasteiger partial charge in [-0.25, -0.2) is 0 Å². The summed E-state index contributed by atoms with van der Waals surface area (Å²) < 4.78 is 5.47. The predicted molar refractivity (Wildman–Crippen MR) is 82.8 cm³/mol. The van der Waals surface area contributed by atoms with Crippen molar-refractivity contribution in [2.45, 2.75) is 25.7 Å². The van der Waals surface area contributed by atoms with Gasteiger partial charge in [0, 0.05) is 18.4 Å². The Morgan fingerprint density at radius 3 is 2.52 bits per heavy atom. The van der Waals surface area contributed by atoms with Gasteiger partial charge in [-0.2, -0.15) is 0 Å². The number of methoxy groups -OCH3 is 1. The van der Waals surface area contributed by atoms with Gasteiger partial charge in [-0.15, -0.1) is 0 Å². The normalized spacial score (nSPS) is 10.3. The third kappa shape index (κ3) is 4.35. The first-order valence-corrected chi connectivity index (χ1v) is 7.11. The van der Waals surface area contributed by atoms with E-state index in [1.165, 1.54) is 11.1 Å². The zero-order chi connectivity index (χ0) is 15.1. The van der Waals surface area contributed by atoms with Crippen molar-refractivity contribution in [1.82, 2.24) is 0 Å². The van der Waals surface area contributed by atoms with Gasteiger partial charge in [0.1, 0.15) is 5.75 Å². The van der Waals surface area contributed by atoms with Gasteiger partial charge in [-0.05, 0) is 30.0 Å². The Kier molecular flexibility index (Phi) is 5.38. The van der Waals surface area contributed by atoms with Gasteiger partial charge in [-0.3, -0.25) is 4.79 Å². The lowest BCUT2D eigenvalue weighted by atomic mass is 9.95. The number of aryl methyl sites for hydroxylation is 1. The monoisotopic (exact) mass is 284 g/mol. The van der Waals surface area contributed by atoms with Crippen LogP contribution in [0.1, 0.15) is 29.5 Å². The number of carbonyl (C=O) groups is 1. The van der Waals surface area contributed by atoms with Crippen LogP contribution in [0.2, 0.25) is 0 Å². The summed E-state index contributed by atoms with van der Waals surface area (Å²) in [6.45, 7) is 0. The third-order valence-corrected chi connectivity index (χ3v) is 3.51. The third-order valence-electron chi connectivity index (χ3n) is 3.51. The van der Waals surface area contributed by atoms with E-state index in [0.717, 1.165) is 24.2 Å². The van der Waals surface area contributed by atoms with Crippen LogP contribution >= 0.6 is 0 Å². The van der Waals surface area contributed by atoms with Gasteiger partial charge in [0.15, 0.2) is 0 Å². The molecular weight excluding hydrogens is 264 g/mol. The van der Waals surface area contributed by atoms with Gasteiger partial charge in [0.05, 0.1) is 7.11 Å². The largest absolute Gasteiger partial charge is 0.496 e. The number of carboxylic acids is 1. The molecule has 3 heteroatoms. The first-order chi connectivity index (χ1) is 10.2. The van der Waals surface area contributed by atoms with Crippen molar-refractivity contribution in [3.05, 3.63) is 65.2 Å². The molecule has 2 aromatic rings. The molecule has 0 spiro atoms. The highest BCUT2D eigenvalue weighted by atomic mass is 16.5. The number of carboxylic acid groups (broad SMARTS) is 1. The Labute approximate surface area is 125 Å². The molecule has 0 radical (unpaired) electrons. The molecule has 110 valence electrons. The number of benzene rings is 2. The molecule has 0 amide bonds. The fourth-order valence-corrected chi connectivity index (χ4v) is 2.47. The van der Waals surface area contributed by atoms with E-state index in [4.69, 9.17) is 9.84 Å². The molecule has 0 heterocycles. The first kappa shape index (κ1) is 15.1. The minimum Gasteiger partial charge on any atom is -0.496 e. The quantitative estimate of drug-likeness (QED) is 0.843. The van der Waals surface area contributed by atoms with Crippen molar-refractivity contribution in [2.75, 3.05) is 7.11 Å². The standard InChI is InChI=1S/C18H20O3/c1-21-17-11-5-9-15(10-6-12-18(19)20)16(17)13-14-7-3-2-4-8-14/h2-5,7-9,11H,6,10,12-13H2,1H3,(H,19,20). The minimum atomic E-state index is -0.748. The van der Waals surface area contributed by atoms with Gasteiger partial charge >= 0.3 is 5.97 Å². The zero-order valence-corrected chi connectivity index (χ0v) is 12.2. The molecule has 0 atom stereocenters. The van der Waals surface area contributed by atoms with Gasteiger partial charge < -0.3 is 9.84 Å². The molecule has 0 bridgehead atoms. The lowest BCUT2D eigenvalue weighted by molar-refractivity contribution is -0.137. The maximum Gasteiger partial charge on any atom is 0.303 e. The van der Waals surface area contributed by atoms with E-state index in [-0.39, 0.29) is 6.42 Å². The van der Waals surface area contributed by atoms with Crippen LogP contribution in [0.4, 0.5) is 0 Å². The van der Waals surface area contributed by atoms with Crippen LogP contribution in [0, 0.1) is 0 Å². The minimum absolute atomic E-state index is 0.196. The van der Waals surface area contributed by atoms with Crippen molar-refractivity contribution in [3.63, 3.8) is 0 Å². The number of rotatable bonds is 7. The molecule has 0 saturated heterocycles. The van der Waals surface area contributed by atoms with Crippen LogP contribution in [0.15, 0.2) is 48.5 Å². The van der Waals surface area contributed by atoms with Crippen LogP contribution in [0.25, 0.3) is 0 Å². The molecule has 0 aliphatic heterocycles. The molecule has 2 aromatic carbocycles. The molecule has 0 aromatic heterocycles. The maximum absolute atomic E-state index is 10.7. The average Bonchev–Trinajstić information content (AvgIpc) is 2.49. The molecule has 0 aliphatic carbocycles. The van der Waals surface area contributed by atoms with Crippen LogP contribution < -0.4 is 4.74 Å². The van der Waals surface area contributed by atoms with Gasteiger partial charge in [0.25, 0.3) is 0 Å². The Bertz CT molecular complexity index is 591. The topological polar surface area (TPSA) is 46.5 Å². The SMILES string of the molecule is COc1cccc(CCCC(=O)O)c1Cc1ccccc1. The summed E-state index contributed by atoms with van der Waals surface area (Å²) in [5, 5.41) is 8.77.